The second-order valence-corrected chi connectivity index (χ2v) is 2.47. The van der Waals surface area contributed by atoms with Crippen molar-refractivity contribution >= 4 is 6.29 Å². The van der Waals surface area contributed by atoms with E-state index >= 15 is 0 Å². The minimum atomic E-state index is -0.179. The molecule has 3 nitrogen and oxygen atoms in total. The molecule has 0 spiro atoms. The third kappa shape index (κ3) is 1.69. The van der Waals surface area contributed by atoms with Crippen LogP contribution in [0.25, 0.3) is 0 Å². The lowest BCUT2D eigenvalue weighted by molar-refractivity contribution is 0.112. The Morgan fingerprint density at radius 1 is 1.25 bits per heavy atom. The van der Waals surface area contributed by atoms with E-state index in [1.165, 1.54) is 0 Å². The van der Waals surface area contributed by atoms with Crippen molar-refractivity contribution in [2.24, 2.45) is 0 Å². The normalized spacial score (nSPS) is 9.83. The number of carbonyl (C=O) groups excluding carboxylic acids is 1. The zero-order valence-corrected chi connectivity index (χ0v) is 6.53. The predicted octanol–water partition coefficient (Wildman–Crippen LogP) is 0.484. The number of hydrogen-bond acceptors (Lipinski definition) is 3. The molecule has 12 heavy (non-hydrogen) atoms. The molecule has 0 radical (unpaired) electrons. The van der Waals surface area contributed by atoms with Crippen molar-refractivity contribution in [1.82, 2.24) is 0 Å². The number of aldehydes is 1. The van der Waals surface area contributed by atoms with Crippen LogP contribution in [0.1, 0.15) is 21.5 Å². The van der Waals surface area contributed by atoms with Gasteiger partial charge in [0.05, 0.1) is 13.2 Å². The van der Waals surface area contributed by atoms with Crippen molar-refractivity contribution in [2.45, 2.75) is 13.2 Å². The molecule has 0 saturated heterocycles. The minimum Gasteiger partial charge on any atom is -0.392 e. The SMILES string of the molecule is O=Cc1ccc(CO)cc1CO. The van der Waals surface area contributed by atoms with E-state index < -0.39 is 0 Å². The van der Waals surface area contributed by atoms with Gasteiger partial charge in [-0.1, -0.05) is 18.2 Å². The number of aliphatic hydroxyl groups is 2. The molecule has 0 bridgehead atoms. The van der Waals surface area contributed by atoms with E-state index in [9.17, 15) is 4.79 Å². The van der Waals surface area contributed by atoms with Gasteiger partial charge in [-0.25, -0.2) is 0 Å². The Morgan fingerprint density at radius 2 is 2.00 bits per heavy atom. The summed E-state index contributed by atoms with van der Waals surface area (Å²) in [5, 5.41) is 17.6. The summed E-state index contributed by atoms with van der Waals surface area (Å²) in [6.07, 6.45) is 0.687. The highest BCUT2D eigenvalue weighted by Gasteiger charge is 2.00. The number of rotatable bonds is 3. The summed E-state index contributed by atoms with van der Waals surface area (Å²) in [4.78, 5) is 10.4. The van der Waals surface area contributed by atoms with Gasteiger partial charge in [0.25, 0.3) is 0 Å². The summed E-state index contributed by atoms with van der Waals surface area (Å²) < 4.78 is 0. The third-order valence-electron chi connectivity index (χ3n) is 1.69. The molecule has 0 aromatic heterocycles. The standard InChI is InChI=1S/C9H10O3/c10-4-7-1-2-8(5-11)9(3-7)6-12/h1-3,5,10,12H,4,6H2. The summed E-state index contributed by atoms with van der Waals surface area (Å²) in [6.45, 7) is -0.256. The fourth-order valence-electron chi connectivity index (χ4n) is 1.01. The largest absolute Gasteiger partial charge is 0.392 e. The zero-order chi connectivity index (χ0) is 8.97. The first kappa shape index (κ1) is 8.90. The van der Waals surface area contributed by atoms with Gasteiger partial charge in [-0.2, -0.15) is 0 Å². The van der Waals surface area contributed by atoms with Crippen LogP contribution in [0, 0.1) is 0 Å². The van der Waals surface area contributed by atoms with Gasteiger partial charge in [0.1, 0.15) is 6.29 Å². The van der Waals surface area contributed by atoms with E-state index in [1.54, 1.807) is 18.2 Å². The molecule has 0 aliphatic heterocycles. The van der Waals surface area contributed by atoms with Gasteiger partial charge < -0.3 is 10.2 Å². The number of aliphatic hydroxyl groups excluding tert-OH is 2. The molecule has 0 aliphatic carbocycles. The fraction of sp³-hybridized carbons (Fsp3) is 0.222. The Balaban J connectivity index is 3.10. The Hall–Kier alpha value is -1.19. The average molecular weight is 166 g/mol. The zero-order valence-electron chi connectivity index (χ0n) is 6.53. The Bertz CT molecular complexity index is 281. The average Bonchev–Trinajstić information content (AvgIpc) is 2.16. The molecule has 0 aliphatic rings. The van der Waals surface area contributed by atoms with Gasteiger partial charge in [-0.15, -0.1) is 0 Å². The second-order valence-electron chi connectivity index (χ2n) is 2.47. The van der Waals surface area contributed by atoms with Crippen molar-refractivity contribution in [3.8, 4) is 0 Å². The first-order chi connectivity index (χ1) is 5.81. The van der Waals surface area contributed by atoms with Gasteiger partial charge in [-0.3, -0.25) is 4.79 Å². The summed E-state index contributed by atoms with van der Waals surface area (Å²) in [7, 11) is 0. The maximum absolute atomic E-state index is 10.4. The van der Waals surface area contributed by atoms with E-state index in [4.69, 9.17) is 10.2 Å². The molecule has 0 amide bonds. The van der Waals surface area contributed by atoms with E-state index in [-0.39, 0.29) is 13.2 Å². The molecular formula is C9H10O3. The maximum Gasteiger partial charge on any atom is 0.150 e. The maximum atomic E-state index is 10.4. The van der Waals surface area contributed by atoms with Crippen molar-refractivity contribution in [3.63, 3.8) is 0 Å². The topological polar surface area (TPSA) is 57.5 Å². The Morgan fingerprint density at radius 3 is 2.50 bits per heavy atom. The molecule has 2 N–H and O–H groups in total. The van der Waals surface area contributed by atoms with Crippen LogP contribution in [0.5, 0.6) is 0 Å². The van der Waals surface area contributed by atoms with Gasteiger partial charge in [-0.05, 0) is 11.1 Å². The van der Waals surface area contributed by atoms with E-state index in [1.807, 2.05) is 0 Å². The molecule has 3 heteroatoms. The molecule has 1 aromatic rings. The van der Waals surface area contributed by atoms with Crippen LogP contribution in [0.15, 0.2) is 18.2 Å². The second kappa shape index (κ2) is 3.99. The third-order valence-corrected chi connectivity index (χ3v) is 1.69. The smallest absolute Gasteiger partial charge is 0.150 e. The lowest BCUT2D eigenvalue weighted by Crippen LogP contribution is -1.94. The molecule has 64 valence electrons. The Labute approximate surface area is 70.3 Å². The van der Waals surface area contributed by atoms with Crippen LogP contribution in [-0.4, -0.2) is 16.5 Å². The summed E-state index contributed by atoms with van der Waals surface area (Å²) >= 11 is 0. The number of benzene rings is 1. The quantitative estimate of drug-likeness (QED) is 0.642. The number of carbonyl (C=O) groups is 1. The van der Waals surface area contributed by atoms with Crippen LogP contribution in [0.3, 0.4) is 0 Å². The molecular weight excluding hydrogens is 156 g/mol. The first-order valence-electron chi connectivity index (χ1n) is 3.60. The summed E-state index contributed by atoms with van der Waals surface area (Å²) in [6, 6.07) is 4.86. The molecule has 0 heterocycles. The molecule has 0 atom stereocenters. The van der Waals surface area contributed by atoms with Crippen LogP contribution in [0.4, 0.5) is 0 Å². The van der Waals surface area contributed by atoms with Crippen LogP contribution >= 0.6 is 0 Å². The predicted molar refractivity (Wildman–Crippen MR) is 43.7 cm³/mol. The van der Waals surface area contributed by atoms with Crippen molar-refractivity contribution in [2.75, 3.05) is 0 Å². The summed E-state index contributed by atoms with van der Waals surface area (Å²) in [5.41, 5.74) is 1.72. The molecule has 1 rings (SSSR count). The first-order valence-corrected chi connectivity index (χ1v) is 3.60. The van der Waals surface area contributed by atoms with Crippen LogP contribution in [-0.2, 0) is 13.2 Å². The Kier molecular flexibility index (Phi) is 2.96. The van der Waals surface area contributed by atoms with Crippen molar-refractivity contribution < 1.29 is 15.0 Å². The van der Waals surface area contributed by atoms with Crippen LogP contribution < -0.4 is 0 Å². The molecule has 0 fully saturated rings. The van der Waals surface area contributed by atoms with E-state index in [0.29, 0.717) is 23.0 Å². The molecule has 1 aromatic carbocycles. The van der Waals surface area contributed by atoms with Gasteiger partial charge in [0.2, 0.25) is 0 Å². The van der Waals surface area contributed by atoms with Crippen molar-refractivity contribution in [3.05, 3.63) is 34.9 Å². The highest BCUT2D eigenvalue weighted by atomic mass is 16.3. The van der Waals surface area contributed by atoms with Gasteiger partial charge in [0.15, 0.2) is 0 Å². The number of hydrogen-bond donors (Lipinski definition) is 2. The minimum absolute atomic E-state index is 0.0772. The highest BCUT2D eigenvalue weighted by molar-refractivity contribution is 5.77. The van der Waals surface area contributed by atoms with E-state index in [2.05, 4.69) is 0 Å². The van der Waals surface area contributed by atoms with Gasteiger partial charge in [0, 0.05) is 5.56 Å². The monoisotopic (exact) mass is 166 g/mol. The van der Waals surface area contributed by atoms with Gasteiger partial charge >= 0.3 is 0 Å². The molecule has 0 unspecified atom stereocenters. The van der Waals surface area contributed by atoms with Crippen molar-refractivity contribution in [1.29, 1.82) is 0 Å². The van der Waals surface area contributed by atoms with Crippen LogP contribution in [0.2, 0.25) is 0 Å². The fourth-order valence-corrected chi connectivity index (χ4v) is 1.01. The lowest BCUT2D eigenvalue weighted by atomic mass is 10.1. The van der Waals surface area contributed by atoms with E-state index in [0.717, 1.165) is 0 Å². The molecule has 0 saturated carbocycles. The summed E-state index contributed by atoms with van der Waals surface area (Å²) in [5.74, 6) is 0. The highest BCUT2D eigenvalue weighted by Crippen LogP contribution is 2.10. The lowest BCUT2D eigenvalue weighted by Gasteiger charge is -2.02.